The molecule has 0 saturated carbocycles. The number of hydrogen-bond donors (Lipinski definition) is 6. The number of para-hydroxylation sites is 1. The quantitative estimate of drug-likeness (QED) is 0.0353. The molecule has 304 valence electrons. The number of nitrogens with two attached hydrogens (primary N) is 3. The van der Waals surface area contributed by atoms with E-state index in [1.54, 1.807) is 20.9 Å². The first-order chi connectivity index (χ1) is 26.1. The minimum atomic E-state index is -1.00. The number of nitrogens with one attached hydrogen (secondary N) is 3. The summed E-state index contributed by atoms with van der Waals surface area (Å²) in [7, 11) is 1.58. The number of likely N-dealkylation sites (N-methyl/N-ethyl adjacent to an activating group) is 1. The molecule has 55 heavy (non-hydrogen) atoms. The predicted octanol–water partition coefficient (Wildman–Crippen LogP) is 2.67. The number of nitrogen functional groups attached to an aromatic ring is 1. The first-order valence-corrected chi connectivity index (χ1v) is 19.0. The average molecular weight is 769 g/mol. The van der Waals surface area contributed by atoms with Gasteiger partial charge in [-0.25, -0.2) is 20.6 Å². The fourth-order valence-electron chi connectivity index (χ4n) is 6.27. The van der Waals surface area contributed by atoms with Crippen LogP contribution in [0.1, 0.15) is 85.4 Å². The van der Waals surface area contributed by atoms with Crippen LogP contribution in [0.2, 0.25) is 0 Å². The molecule has 2 heterocycles. The number of unbranched alkanes of at least 4 members (excludes halogenated alkanes) is 1. The fourth-order valence-corrected chi connectivity index (χ4v) is 6.27. The standard InChI is InChI=1S/C38H60N10O7/c1-7-54-22-29-44-33-34(26-14-8-9-15-27(26)43-35(33)40)48(29)23-38(4,5)55-37(53)47(6)20-19-42-36(52)25(13-10-11-18-39)21-28(49)32(24(2)3)45-30(50)16-12-17-31(51)46-41/h8-9,14-15,24-25,32H,7,10-13,16-23,39,41H2,1-6H3,(H2,40,43)(H,42,52)(H,45,50)(H,46,51)/t25-,32+/m1/s1. The van der Waals surface area contributed by atoms with E-state index >= 15 is 0 Å². The molecule has 0 aliphatic rings. The van der Waals surface area contributed by atoms with E-state index in [1.807, 2.05) is 55.0 Å². The number of rotatable bonds is 23. The van der Waals surface area contributed by atoms with Crippen molar-refractivity contribution < 1.29 is 33.4 Å². The lowest BCUT2D eigenvalue weighted by Gasteiger charge is -2.29. The summed E-state index contributed by atoms with van der Waals surface area (Å²) in [5, 5.41) is 6.50. The Morgan fingerprint density at radius 1 is 1.02 bits per heavy atom. The largest absolute Gasteiger partial charge is 0.441 e. The first kappa shape index (κ1) is 44.5. The number of hydrogen-bond acceptors (Lipinski definition) is 12. The maximum atomic E-state index is 13.4. The Labute approximate surface area is 322 Å². The second-order valence-corrected chi connectivity index (χ2v) is 14.7. The zero-order valence-electron chi connectivity index (χ0n) is 33.1. The summed E-state index contributed by atoms with van der Waals surface area (Å²) in [6.07, 6.45) is 1.51. The van der Waals surface area contributed by atoms with Crippen LogP contribution in [0.4, 0.5) is 10.6 Å². The van der Waals surface area contributed by atoms with Crippen molar-refractivity contribution in [1.29, 1.82) is 0 Å². The Hall–Kier alpha value is -4.87. The zero-order valence-corrected chi connectivity index (χ0v) is 33.1. The lowest BCUT2D eigenvalue weighted by Crippen LogP contribution is -2.46. The van der Waals surface area contributed by atoms with Gasteiger partial charge in [-0.15, -0.1) is 0 Å². The highest BCUT2D eigenvalue weighted by Gasteiger charge is 2.31. The summed E-state index contributed by atoms with van der Waals surface area (Å²) < 4.78 is 13.7. The van der Waals surface area contributed by atoms with Crippen molar-refractivity contribution in [3.8, 4) is 0 Å². The predicted molar refractivity (Wildman–Crippen MR) is 210 cm³/mol. The van der Waals surface area contributed by atoms with Crippen molar-refractivity contribution in [2.45, 2.75) is 104 Å². The van der Waals surface area contributed by atoms with E-state index in [-0.39, 0.29) is 81.3 Å². The van der Waals surface area contributed by atoms with Gasteiger partial charge in [0.2, 0.25) is 17.7 Å². The monoisotopic (exact) mass is 768 g/mol. The van der Waals surface area contributed by atoms with Gasteiger partial charge in [0.1, 0.15) is 23.5 Å². The van der Waals surface area contributed by atoms with Crippen LogP contribution in [0.3, 0.4) is 0 Å². The highest BCUT2D eigenvalue weighted by molar-refractivity contribution is 6.06. The Bertz CT molecular complexity index is 1780. The Morgan fingerprint density at radius 2 is 1.73 bits per heavy atom. The number of anilines is 1. The summed E-state index contributed by atoms with van der Waals surface area (Å²) in [6, 6.07) is 6.83. The van der Waals surface area contributed by atoms with Crippen LogP contribution in [0.15, 0.2) is 24.3 Å². The molecule has 17 heteroatoms. The molecule has 0 unspecified atom stereocenters. The molecule has 0 radical (unpaired) electrons. The van der Waals surface area contributed by atoms with Gasteiger partial charge in [-0.3, -0.25) is 24.6 Å². The van der Waals surface area contributed by atoms with Crippen molar-refractivity contribution in [3.63, 3.8) is 0 Å². The molecule has 0 bridgehead atoms. The summed E-state index contributed by atoms with van der Waals surface area (Å²) in [5.74, 6) is 3.79. The van der Waals surface area contributed by atoms with Crippen molar-refractivity contribution in [2.75, 3.05) is 39.0 Å². The van der Waals surface area contributed by atoms with E-state index in [4.69, 9.17) is 31.8 Å². The number of nitrogens with zero attached hydrogens (tertiary/aromatic N) is 4. The van der Waals surface area contributed by atoms with Gasteiger partial charge < -0.3 is 41.0 Å². The molecule has 2 aromatic heterocycles. The normalized spacial score (nSPS) is 12.7. The number of amides is 4. The lowest BCUT2D eigenvalue weighted by molar-refractivity contribution is -0.132. The van der Waals surface area contributed by atoms with Gasteiger partial charge in [-0.1, -0.05) is 38.5 Å². The van der Waals surface area contributed by atoms with E-state index < -0.39 is 23.7 Å². The van der Waals surface area contributed by atoms with Crippen LogP contribution in [0.5, 0.6) is 0 Å². The molecule has 0 spiro atoms. The third-order valence-electron chi connectivity index (χ3n) is 9.21. The Morgan fingerprint density at radius 3 is 2.40 bits per heavy atom. The topological polar surface area (TPSA) is 252 Å². The number of benzene rings is 1. The zero-order chi connectivity index (χ0) is 40.7. The van der Waals surface area contributed by atoms with E-state index in [9.17, 15) is 24.0 Å². The number of hydrazine groups is 1. The lowest BCUT2D eigenvalue weighted by atomic mass is 9.89. The number of carbonyl (C=O) groups excluding carboxylic acids is 5. The van der Waals surface area contributed by atoms with Crippen molar-refractivity contribution in [2.24, 2.45) is 23.4 Å². The second kappa shape index (κ2) is 21.3. The fraction of sp³-hybridized carbons (Fsp3) is 0.605. The number of fused-ring (bicyclic) bond motifs is 3. The summed E-state index contributed by atoms with van der Waals surface area (Å²) in [4.78, 5) is 74.8. The highest BCUT2D eigenvalue weighted by atomic mass is 16.6. The molecule has 0 fully saturated rings. The van der Waals surface area contributed by atoms with E-state index in [0.717, 1.165) is 10.9 Å². The van der Waals surface area contributed by atoms with Crippen molar-refractivity contribution >= 4 is 57.4 Å². The van der Waals surface area contributed by atoms with Crippen LogP contribution in [-0.4, -0.2) is 94.0 Å². The Kier molecular flexibility index (Phi) is 17.2. The van der Waals surface area contributed by atoms with E-state index in [1.165, 1.54) is 4.90 Å². The van der Waals surface area contributed by atoms with Crippen molar-refractivity contribution in [3.05, 3.63) is 30.1 Å². The molecule has 0 aliphatic carbocycles. The van der Waals surface area contributed by atoms with Crippen LogP contribution in [0.25, 0.3) is 21.9 Å². The average Bonchev–Trinajstić information content (AvgIpc) is 3.49. The van der Waals surface area contributed by atoms with Gasteiger partial charge in [0, 0.05) is 57.3 Å². The molecular weight excluding hydrogens is 708 g/mol. The molecule has 4 amide bonds. The molecular formula is C38H60N10O7. The van der Waals surface area contributed by atoms with Crippen LogP contribution in [-0.2, 0) is 41.8 Å². The maximum absolute atomic E-state index is 13.4. The number of Topliss-reactive ketones (excluding diaryl/α,β-unsaturated/α-hetero) is 1. The smallest absolute Gasteiger partial charge is 0.410 e. The third kappa shape index (κ3) is 13.1. The number of aromatic nitrogens is 3. The van der Waals surface area contributed by atoms with Crippen LogP contribution < -0.4 is 33.4 Å². The minimum Gasteiger partial charge on any atom is -0.441 e. The summed E-state index contributed by atoms with van der Waals surface area (Å²) in [5.41, 5.74) is 15.1. The Balaban J connectivity index is 1.63. The highest BCUT2D eigenvalue weighted by Crippen LogP contribution is 2.31. The SMILES string of the molecule is CCOCc1nc2c(N)nc3ccccc3c2n1CC(C)(C)OC(=O)N(C)CCNC(=O)[C@H](CCCCN)CC(=O)[C@@H](NC(=O)CCCC(=O)NN)C(C)C. The van der Waals surface area contributed by atoms with Gasteiger partial charge in [-0.05, 0) is 58.6 Å². The van der Waals surface area contributed by atoms with Gasteiger partial charge in [-0.2, -0.15) is 0 Å². The second-order valence-electron chi connectivity index (χ2n) is 14.7. The number of ether oxygens (including phenoxy) is 2. The minimum absolute atomic E-state index is 0.0525. The molecule has 3 aromatic rings. The van der Waals surface area contributed by atoms with Crippen LogP contribution >= 0.6 is 0 Å². The van der Waals surface area contributed by atoms with Gasteiger partial charge in [0.15, 0.2) is 11.6 Å². The van der Waals surface area contributed by atoms with Crippen LogP contribution in [0, 0.1) is 11.8 Å². The van der Waals surface area contributed by atoms with Crippen molar-refractivity contribution in [1.82, 2.24) is 35.5 Å². The van der Waals surface area contributed by atoms with Gasteiger partial charge in [0.25, 0.3) is 0 Å². The van der Waals surface area contributed by atoms with E-state index in [0.29, 0.717) is 55.1 Å². The molecule has 17 nitrogen and oxygen atoms in total. The molecule has 0 saturated heterocycles. The molecule has 1 aromatic carbocycles. The number of ketones is 1. The first-order valence-electron chi connectivity index (χ1n) is 19.0. The number of imidazole rings is 1. The molecule has 0 aliphatic heterocycles. The maximum Gasteiger partial charge on any atom is 0.410 e. The molecule has 3 rings (SSSR count). The van der Waals surface area contributed by atoms with Gasteiger partial charge >= 0.3 is 6.09 Å². The third-order valence-corrected chi connectivity index (χ3v) is 9.21. The molecule has 9 N–H and O–H groups in total. The number of pyridine rings is 1. The van der Waals surface area contributed by atoms with E-state index in [2.05, 4.69) is 15.6 Å². The van der Waals surface area contributed by atoms with Gasteiger partial charge in [0.05, 0.1) is 23.6 Å². The summed E-state index contributed by atoms with van der Waals surface area (Å²) >= 11 is 0. The molecule has 2 atom stereocenters. The number of carbonyl (C=O) groups is 5. The summed E-state index contributed by atoms with van der Waals surface area (Å²) in [6.45, 7) is 10.8.